The van der Waals surface area contributed by atoms with Gasteiger partial charge in [0.15, 0.2) is 5.78 Å². The molecular formula is C17H18N2O7. The van der Waals surface area contributed by atoms with Crippen LogP contribution in [0.1, 0.15) is 25.8 Å². The number of amides is 1. The van der Waals surface area contributed by atoms with Crippen LogP contribution in [-0.2, 0) is 20.8 Å². The summed E-state index contributed by atoms with van der Waals surface area (Å²) >= 11 is 0. The lowest BCUT2D eigenvalue weighted by Crippen LogP contribution is -2.76. The van der Waals surface area contributed by atoms with Crippen molar-refractivity contribution in [3.05, 3.63) is 39.9 Å². The third kappa shape index (κ3) is 2.16. The molecule has 0 bridgehead atoms. The molecule has 1 aromatic carbocycles. The monoisotopic (exact) mass is 362 g/mol. The topological polar surface area (TPSA) is 138 Å². The Bertz CT molecular complexity index is 819. The highest BCUT2D eigenvalue weighted by Gasteiger charge is 2.75. The Hall–Kier alpha value is -2.81. The van der Waals surface area contributed by atoms with Crippen LogP contribution in [0.5, 0.6) is 0 Å². The molecule has 0 aromatic heterocycles. The van der Waals surface area contributed by atoms with Gasteiger partial charge in [0.1, 0.15) is 0 Å². The van der Waals surface area contributed by atoms with E-state index in [1.807, 2.05) is 0 Å². The molecule has 0 saturated carbocycles. The molecule has 138 valence electrons. The average molecular weight is 362 g/mol. The molecule has 26 heavy (non-hydrogen) atoms. The number of benzene rings is 1. The van der Waals surface area contributed by atoms with E-state index >= 15 is 0 Å². The Kier molecular flexibility index (Phi) is 3.87. The first-order chi connectivity index (χ1) is 12.1. The zero-order valence-electron chi connectivity index (χ0n) is 14.2. The number of hydrogen-bond acceptors (Lipinski definition) is 6. The van der Waals surface area contributed by atoms with Crippen LogP contribution in [0.15, 0.2) is 24.3 Å². The molecule has 2 saturated heterocycles. The van der Waals surface area contributed by atoms with E-state index in [0.717, 1.165) is 4.90 Å². The van der Waals surface area contributed by atoms with Crippen molar-refractivity contribution in [1.82, 2.24) is 4.90 Å². The van der Waals surface area contributed by atoms with E-state index in [4.69, 9.17) is 0 Å². The van der Waals surface area contributed by atoms with E-state index in [2.05, 4.69) is 0 Å². The van der Waals surface area contributed by atoms with Crippen molar-refractivity contribution in [2.24, 2.45) is 5.92 Å². The third-order valence-corrected chi connectivity index (χ3v) is 5.47. The molecule has 0 radical (unpaired) electrons. The summed E-state index contributed by atoms with van der Waals surface area (Å²) in [5.74, 6) is -3.45. The molecule has 0 spiro atoms. The van der Waals surface area contributed by atoms with Crippen molar-refractivity contribution in [2.75, 3.05) is 0 Å². The third-order valence-electron chi connectivity index (χ3n) is 5.47. The van der Waals surface area contributed by atoms with Gasteiger partial charge in [0.25, 0.3) is 5.69 Å². The zero-order valence-corrected chi connectivity index (χ0v) is 14.2. The molecule has 2 aliphatic rings. The van der Waals surface area contributed by atoms with Crippen LogP contribution in [0, 0.1) is 16.0 Å². The molecule has 0 aliphatic carbocycles. The van der Waals surface area contributed by atoms with Gasteiger partial charge < -0.3 is 15.1 Å². The SMILES string of the molecule is CC(O)C1C(=O)N2C(Cc3ccc([N+](=O)[O-])cc3)(C(=O)O)C(=O)CC12C. The van der Waals surface area contributed by atoms with Gasteiger partial charge in [-0.15, -0.1) is 0 Å². The lowest BCUT2D eigenvalue weighted by Gasteiger charge is -2.56. The first-order valence-corrected chi connectivity index (χ1v) is 8.08. The molecule has 4 unspecified atom stereocenters. The minimum absolute atomic E-state index is 0.157. The minimum Gasteiger partial charge on any atom is -0.479 e. The standard InChI is InChI=1S/C17H18N2O7/c1-9(20)13-14(22)18-16(13,2)8-12(21)17(18,15(23)24)7-10-3-5-11(6-4-10)19(25)26/h3-6,9,13,20H,7-8H2,1-2H3,(H,23,24). The number of fused-ring (bicyclic) bond motifs is 1. The molecule has 1 amide bonds. The summed E-state index contributed by atoms with van der Waals surface area (Å²) in [4.78, 5) is 48.6. The lowest BCUT2D eigenvalue weighted by molar-refractivity contribution is -0.384. The molecule has 2 N–H and O–H groups in total. The van der Waals surface area contributed by atoms with Crippen molar-refractivity contribution < 1.29 is 29.5 Å². The number of carbonyl (C=O) groups excluding carboxylic acids is 2. The Morgan fingerprint density at radius 3 is 2.42 bits per heavy atom. The second-order valence-corrected chi connectivity index (χ2v) is 7.11. The van der Waals surface area contributed by atoms with E-state index in [0.29, 0.717) is 5.56 Å². The molecule has 4 atom stereocenters. The van der Waals surface area contributed by atoms with Gasteiger partial charge in [-0.05, 0) is 19.4 Å². The number of β-lactam (4-membered cyclic amide) rings is 1. The number of aliphatic hydroxyl groups excluding tert-OH is 1. The van der Waals surface area contributed by atoms with Gasteiger partial charge in [0, 0.05) is 25.0 Å². The number of nitro benzene ring substituents is 1. The van der Waals surface area contributed by atoms with Crippen LogP contribution >= 0.6 is 0 Å². The number of ketones is 1. The quantitative estimate of drug-likeness (QED) is 0.337. The number of carbonyl (C=O) groups is 3. The Labute approximate surface area is 148 Å². The second-order valence-electron chi connectivity index (χ2n) is 7.11. The first-order valence-electron chi connectivity index (χ1n) is 8.08. The van der Waals surface area contributed by atoms with Crippen LogP contribution < -0.4 is 0 Å². The van der Waals surface area contributed by atoms with Gasteiger partial charge in [-0.3, -0.25) is 19.7 Å². The smallest absolute Gasteiger partial charge is 0.337 e. The highest BCUT2D eigenvalue weighted by Crippen LogP contribution is 2.54. The zero-order chi connectivity index (χ0) is 19.4. The molecular weight excluding hydrogens is 344 g/mol. The predicted molar refractivity (Wildman–Crippen MR) is 87.2 cm³/mol. The van der Waals surface area contributed by atoms with E-state index in [9.17, 15) is 34.7 Å². The minimum atomic E-state index is -2.06. The van der Waals surface area contributed by atoms with Crippen molar-refractivity contribution in [2.45, 2.75) is 43.9 Å². The first kappa shape index (κ1) is 18.0. The predicted octanol–water partition coefficient (Wildman–Crippen LogP) is 0.531. The van der Waals surface area contributed by atoms with Crippen molar-refractivity contribution >= 4 is 23.3 Å². The van der Waals surface area contributed by atoms with Crippen molar-refractivity contribution in [3.8, 4) is 0 Å². The Balaban J connectivity index is 2.01. The summed E-state index contributed by atoms with van der Waals surface area (Å²) in [7, 11) is 0. The number of carboxylic acids is 1. The number of nitro groups is 1. The van der Waals surface area contributed by atoms with Gasteiger partial charge in [-0.1, -0.05) is 12.1 Å². The maximum Gasteiger partial charge on any atom is 0.337 e. The largest absolute Gasteiger partial charge is 0.479 e. The van der Waals surface area contributed by atoms with Crippen LogP contribution in [0.4, 0.5) is 5.69 Å². The maximum atomic E-state index is 12.7. The molecule has 2 aliphatic heterocycles. The molecule has 2 heterocycles. The number of rotatable bonds is 5. The summed E-state index contributed by atoms with van der Waals surface area (Å²) in [5, 5.41) is 30.4. The fraction of sp³-hybridized carbons (Fsp3) is 0.471. The average Bonchev–Trinajstić information content (AvgIpc) is 2.72. The number of carboxylic acid groups (broad SMARTS) is 1. The van der Waals surface area contributed by atoms with Crippen LogP contribution in [-0.4, -0.2) is 54.9 Å². The van der Waals surface area contributed by atoms with Crippen molar-refractivity contribution in [1.29, 1.82) is 0 Å². The van der Waals surface area contributed by atoms with E-state index < -0.39 is 45.7 Å². The molecule has 9 nitrogen and oxygen atoms in total. The summed E-state index contributed by atoms with van der Waals surface area (Å²) in [6.07, 6.45) is -1.44. The normalized spacial score (nSPS) is 31.3. The fourth-order valence-corrected chi connectivity index (χ4v) is 4.36. The number of non-ortho nitro benzene ring substituents is 1. The number of Topliss-reactive ketones (excluding diaryl/α,β-unsaturated/α-hetero) is 1. The summed E-state index contributed by atoms with van der Waals surface area (Å²) in [5.41, 5.74) is -2.88. The Morgan fingerprint density at radius 2 is 1.96 bits per heavy atom. The van der Waals surface area contributed by atoms with E-state index in [1.165, 1.54) is 31.2 Å². The molecule has 3 rings (SSSR count). The van der Waals surface area contributed by atoms with Crippen LogP contribution in [0.25, 0.3) is 0 Å². The number of hydrogen-bond donors (Lipinski definition) is 2. The number of nitrogens with zero attached hydrogens (tertiary/aromatic N) is 2. The Morgan fingerprint density at radius 1 is 1.38 bits per heavy atom. The highest BCUT2D eigenvalue weighted by molar-refractivity contribution is 6.16. The van der Waals surface area contributed by atoms with E-state index in [-0.39, 0.29) is 18.5 Å². The summed E-state index contributed by atoms with van der Waals surface area (Å²) in [6, 6.07) is 5.20. The number of aliphatic hydroxyl groups is 1. The van der Waals surface area contributed by atoms with Gasteiger partial charge in [0.2, 0.25) is 11.4 Å². The highest BCUT2D eigenvalue weighted by atomic mass is 16.6. The van der Waals surface area contributed by atoms with Crippen LogP contribution in [0.3, 0.4) is 0 Å². The maximum absolute atomic E-state index is 12.7. The van der Waals surface area contributed by atoms with Crippen LogP contribution in [0.2, 0.25) is 0 Å². The fourth-order valence-electron chi connectivity index (χ4n) is 4.36. The van der Waals surface area contributed by atoms with Gasteiger partial charge in [-0.2, -0.15) is 0 Å². The number of aliphatic carboxylic acids is 1. The lowest BCUT2D eigenvalue weighted by atomic mass is 9.71. The molecule has 2 fully saturated rings. The van der Waals surface area contributed by atoms with Gasteiger partial charge in [0.05, 0.1) is 22.5 Å². The van der Waals surface area contributed by atoms with Gasteiger partial charge in [-0.25, -0.2) is 4.79 Å². The van der Waals surface area contributed by atoms with E-state index in [1.54, 1.807) is 6.92 Å². The molecule has 9 heteroatoms. The summed E-state index contributed by atoms with van der Waals surface area (Å²) in [6.45, 7) is 3.04. The second kappa shape index (κ2) is 5.60. The molecule has 1 aromatic rings. The van der Waals surface area contributed by atoms with Gasteiger partial charge >= 0.3 is 5.97 Å². The summed E-state index contributed by atoms with van der Waals surface area (Å²) < 4.78 is 0. The van der Waals surface area contributed by atoms with Crippen molar-refractivity contribution in [3.63, 3.8) is 0 Å².